The zero-order chi connectivity index (χ0) is 16.8. The molecule has 24 heavy (non-hydrogen) atoms. The molecule has 0 unspecified atom stereocenters. The third kappa shape index (κ3) is 4.98. The van der Waals surface area contributed by atoms with E-state index in [1.807, 2.05) is 30.5 Å². The minimum absolute atomic E-state index is 0.239. The first-order valence-electron chi connectivity index (χ1n) is 7.10. The number of thioether (sulfide) groups is 1. The Labute approximate surface area is 151 Å². The molecule has 1 N–H and O–H groups in total. The zero-order valence-electron chi connectivity index (χ0n) is 12.8. The van der Waals surface area contributed by atoms with Crippen molar-refractivity contribution >= 4 is 51.6 Å². The predicted molar refractivity (Wildman–Crippen MR) is 100 cm³/mol. The highest BCUT2D eigenvalue weighted by atomic mass is 32.2. The molecular formula is C16H14N4OS3. The van der Waals surface area contributed by atoms with Gasteiger partial charge in [0.15, 0.2) is 4.34 Å². The maximum atomic E-state index is 11.9. The Bertz CT molecular complexity index is 842. The highest BCUT2D eigenvalue weighted by Gasteiger charge is 2.07. The third-order valence-electron chi connectivity index (χ3n) is 2.88. The van der Waals surface area contributed by atoms with Gasteiger partial charge in [0.05, 0.1) is 10.7 Å². The number of aromatic nitrogens is 3. The predicted octanol–water partition coefficient (Wildman–Crippen LogP) is 4.25. The number of aryl methyl sites for hydroxylation is 1. The number of carbonyl (C=O) groups is 1. The van der Waals surface area contributed by atoms with E-state index in [0.29, 0.717) is 5.13 Å². The van der Waals surface area contributed by atoms with Crippen LogP contribution >= 0.6 is 34.4 Å². The summed E-state index contributed by atoms with van der Waals surface area (Å²) < 4.78 is 0.827. The number of nitrogens with one attached hydrogen (secondary N) is 1. The first kappa shape index (κ1) is 16.8. The summed E-state index contributed by atoms with van der Waals surface area (Å²) >= 11 is 4.52. The molecule has 0 spiro atoms. The van der Waals surface area contributed by atoms with E-state index in [9.17, 15) is 4.79 Å². The summed E-state index contributed by atoms with van der Waals surface area (Å²) in [4.78, 5) is 16.2. The largest absolute Gasteiger partial charge is 0.297 e. The topological polar surface area (TPSA) is 67.8 Å². The molecular weight excluding hydrogens is 360 g/mol. The molecule has 0 saturated carbocycles. The maximum absolute atomic E-state index is 11.9. The minimum atomic E-state index is -0.239. The van der Waals surface area contributed by atoms with Crippen LogP contribution in [0.15, 0.2) is 46.1 Å². The van der Waals surface area contributed by atoms with E-state index in [1.54, 1.807) is 29.2 Å². The SMILES string of the molecule is Cc1nc(/C=C/C(=O)Nc2nnc(SCc3ccccc3)s2)cs1. The molecule has 8 heteroatoms. The zero-order valence-corrected chi connectivity index (χ0v) is 15.3. The molecule has 0 aliphatic rings. The third-order valence-corrected chi connectivity index (χ3v) is 5.72. The van der Waals surface area contributed by atoms with Gasteiger partial charge >= 0.3 is 0 Å². The fourth-order valence-electron chi connectivity index (χ4n) is 1.80. The Morgan fingerprint density at radius 2 is 2.12 bits per heavy atom. The van der Waals surface area contributed by atoms with E-state index in [1.165, 1.54) is 23.0 Å². The number of nitrogens with zero attached hydrogens (tertiary/aromatic N) is 3. The van der Waals surface area contributed by atoms with Gasteiger partial charge in [-0.25, -0.2) is 4.98 Å². The molecule has 3 rings (SSSR count). The monoisotopic (exact) mass is 374 g/mol. The van der Waals surface area contributed by atoms with Crippen LogP contribution in [0, 0.1) is 6.92 Å². The lowest BCUT2D eigenvalue weighted by Gasteiger charge is -1.97. The van der Waals surface area contributed by atoms with Crippen molar-refractivity contribution in [1.29, 1.82) is 0 Å². The molecule has 3 aromatic rings. The summed E-state index contributed by atoms with van der Waals surface area (Å²) in [6.45, 7) is 1.93. The van der Waals surface area contributed by atoms with Crippen LogP contribution in [0.5, 0.6) is 0 Å². The van der Waals surface area contributed by atoms with Gasteiger partial charge in [-0.15, -0.1) is 21.5 Å². The number of amides is 1. The minimum Gasteiger partial charge on any atom is -0.297 e. The van der Waals surface area contributed by atoms with Crippen molar-refractivity contribution in [2.75, 3.05) is 5.32 Å². The first-order chi connectivity index (χ1) is 11.7. The average molecular weight is 375 g/mol. The number of anilines is 1. The molecule has 0 atom stereocenters. The molecule has 2 heterocycles. The van der Waals surface area contributed by atoms with E-state index in [0.717, 1.165) is 20.8 Å². The summed E-state index contributed by atoms with van der Waals surface area (Å²) in [5.41, 5.74) is 2.01. The quantitative estimate of drug-likeness (QED) is 0.397. The Morgan fingerprint density at radius 1 is 1.29 bits per heavy atom. The van der Waals surface area contributed by atoms with Crippen molar-refractivity contribution in [3.63, 3.8) is 0 Å². The van der Waals surface area contributed by atoms with E-state index in [-0.39, 0.29) is 5.91 Å². The molecule has 5 nitrogen and oxygen atoms in total. The van der Waals surface area contributed by atoms with Crippen molar-refractivity contribution in [3.05, 3.63) is 58.1 Å². The van der Waals surface area contributed by atoms with Crippen molar-refractivity contribution in [2.24, 2.45) is 0 Å². The van der Waals surface area contributed by atoms with Gasteiger partial charge in [-0.2, -0.15) is 0 Å². The van der Waals surface area contributed by atoms with Crippen molar-refractivity contribution < 1.29 is 4.79 Å². The second kappa shape index (κ2) is 8.18. The standard InChI is InChI=1S/C16H14N4OS3/c1-11-17-13(10-22-11)7-8-14(21)18-15-19-20-16(24-15)23-9-12-5-3-2-4-6-12/h2-8,10H,9H2,1H3,(H,18,19,21)/b8-7+. The van der Waals surface area contributed by atoms with Gasteiger partial charge in [0.1, 0.15) is 0 Å². The molecule has 122 valence electrons. The Kier molecular flexibility index (Phi) is 5.73. The molecule has 1 aromatic carbocycles. The number of thiazole rings is 1. The Morgan fingerprint density at radius 3 is 2.88 bits per heavy atom. The molecule has 1 amide bonds. The fraction of sp³-hybridized carbons (Fsp3) is 0.125. The highest BCUT2D eigenvalue weighted by molar-refractivity contribution is 8.00. The van der Waals surface area contributed by atoms with Crippen LogP contribution in [0.3, 0.4) is 0 Å². The van der Waals surface area contributed by atoms with Gasteiger partial charge in [-0.05, 0) is 18.6 Å². The molecule has 0 aliphatic carbocycles. The van der Waals surface area contributed by atoms with Gasteiger partial charge in [0.25, 0.3) is 0 Å². The van der Waals surface area contributed by atoms with Gasteiger partial charge in [-0.3, -0.25) is 10.1 Å². The lowest BCUT2D eigenvalue weighted by atomic mass is 10.2. The van der Waals surface area contributed by atoms with Gasteiger partial charge in [0, 0.05) is 17.2 Å². The summed E-state index contributed by atoms with van der Waals surface area (Å²) in [5, 5.41) is 14.2. The molecule has 0 radical (unpaired) electrons. The van der Waals surface area contributed by atoms with Crippen molar-refractivity contribution in [2.45, 2.75) is 17.0 Å². The number of hydrogen-bond donors (Lipinski definition) is 1. The van der Waals surface area contributed by atoms with Crippen LogP contribution in [-0.4, -0.2) is 21.1 Å². The van der Waals surface area contributed by atoms with Crippen LogP contribution in [0.4, 0.5) is 5.13 Å². The molecule has 0 fully saturated rings. The summed E-state index contributed by atoms with van der Waals surface area (Å²) in [5.74, 6) is 0.586. The van der Waals surface area contributed by atoms with Crippen LogP contribution in [0.25, 0.3) is 6.08 Å². The molecule has 0 bridgehead atoms. The van der Waals surface area contributed by atoms with Crippen LogP contribution in [0.2, 0.25) is 0 Å². The van der Waals surface area contributed by atoms with Crippen LogP contribution < -0.4 is 5.32 Å². The number of carbonyl (C=O) groups excluding carboxylic acids is 1. The second-order valence-corrected chi connectivity index (χ2v) is 8.02. The highest BCUT2D eigenvalue weighted by Crippen LogP contribution is 2.28. The lowest BCUT2D eigenvalue weighted by molar-refractivity contribution is -0.111. The van der Waals surface area contributed by atoms with Crippen LogP contribution in [0.1, 0.15) is 16.3 Å². The van der Waals surface area contributed by atoms with E-state index < -0.39 is 0 Å². The number of benzene rings is 1. The van der Waals surface area contributed by atoms with E-state index in [4.69, 9.17) is 0 Å². The smallest absolute Gasteiger partial charge is 0.250 e. The molecule has 0 saturated heterocycles. The van der Waals surface area contributed by atoms with Gasteiger partial charge in [-0.1, -0.05) is 53.4 Å². The summed E-state index contributed by atoms with van der Waals surface area (Å²) in [6.07, 6.45) is 3.14. The molecule has 0 aliphatic heterocycles. The summed E-state index contributed by atoms with van der Waals surface area (Å²) in [6, 6.07) is 10.2. The Hall–Kier alpha value is -2.03. The van der Waals surface area contributed by atoms with Gasteiger partial charge in [0.2, 0.25) is 11.0 Å². The number of hydrogen-bond acceptors (Lipinski definition) is 7. The van der Waals surface area contributed by atoms with E-state index in [2.05, 4.69) is 32.6 Å². The average Bonchev–Trinajstić information content (AvgIpc) is 3.21. The maximum Gasteiger partial charge on any atom is 0.250 e. The van der Waals surface area contributed by atoms with E-state index >= 15 is 0 Å². The van der Waals surface area contributed by atoms with Crippen LogP contribution in [-0.2, 0) is 10.5 Å². The molecule has 2 aromatic heterocycles. The van der Waals surface area contributed by atoms with Crippen molar-refractivity contribution in [3.8, 4) is 0 Å². The number of rotatable bonds is 6. The van der Waals surface area contributed by atoms with Crippen molar-refractivity contribution in [1.82, 2.24) is 15.2 Å². The second-order valence-electron chi connectivity index (χ2n) is 4.76. The summed E-state index contributed by atoms with van der Waals surface area (Å²) in [7, 11) is 0. The first-order valence-corrected chi connectivity index (χ1v) is 9.78. The van der Waals surface area contributed by atoms with Gasteiger partial charge < -0.3 is 0 Å². The Balaban J connectivity index is 1.52. The fourth-order valence-corrected chi connectivity index (χ4v) is 4.09. The lowest BCUT2D eigenvalue weighted by Crippen LogP contribution is -2.07. The normalized spacial score (nSPS) is 11.0.